The van der Waals surface area contributed by atoms with E-state index >= 15 is 0 Å². The molecule has 0 aromatic heterocycles. The first-order valence-electron chi connectivity index (χ1n) is 3.04. The molecule has 0 bridgehead atoms. The van der Waals surface area contributed by atoms with Gasteiger partial charge in [0.05, 0.1) is 0 Å². The molecule has 0 radical (unpaired) electrons. The van der Waals surface area contributed by atoms with E-state index in [0.717, 1.165) is 5.57 Å². The average Bonchev–Trinajstić information content (AvgIpc) is 1.88. The number of hydrogen-bond donors (Lipinski definition) is 0. The molecule has 0 aromatic carbocycles. The summed E-state index contributed by atoms with van der Waals surface area (Å²) in [6, 6.07) is 2.09. The highest BCUT2D eigenvalue weighted by molar-refractivity contribution is 5.30. The highest BCUT2D eigenvalue weighted by Gasteiger charge is 1.98. The van der Waals surface area contributed by atoms with E-state index in [1.165, 1.54) is 0 Å². The minimum atomic E-state index is 0.662. The molecule has 2 heteroatoms. The molecule has 0 unspecified atom stereocenters. The summed E-state index contributed by atoms with van der Waals surface area (Å²) in [5.74, 6) is 0. The van der Waals surface area contributed by atoms with Crippen LogP contribution in [0.2, 0.25) is 0 Å². The van der Waals surface area contributed by atoms with Gasteiger partial charge in [0, 0.05) is 14.1 Å². The van der Waals surface area contributed by atoms with E-state index < -0.39 is 0 Å². The van der Waals surface area contributed by atoms with Crippen molar-refractivity contribution in [1.82, 2.24) is 4.90 Å². The predicted molar refractivity (Wildman–Crippen MR) is 42.2 cm³/mol. The predicted octanol–water partition coefficient (Wildman–Crippen LogP) is 1.53. The molecule has 0 N–H and O–H groups in total. The van der Waals surface area contributed by atoms with Crippen molar-refractivity contribution >= 4 is 0 Å². The van der Waals surface area contributed by atoms with Gasteiger partial charge in [-0.25, -0.2) is 0 Å². The summed E-state index contributed by atoms with van der Waals surface area (Å²) in [4.78, 5) is 1.77. The first kappa shape index (κ1) is 8.77. The molecule has 0 aliphatic rings. The van der Waals surface area contributed by atoms with Gasteiger partial charge in [-0.3, -0.25) is 0 Å². The lowest BCUT2D eigenvalue weighted by molar-refractivity contribution is 0.529. The van der Waals surface area contributed by atoms with Crippen molar-refractivity contribution in [3.05, 3.63) is 23.9 Å². The molecule has 2 nitrogen and oxygen atoms in total. The maximum atomic E-state index is 8.60. The minimum Gasteiger partial charge on any atom is -0.369 e. The summed E-state index contributed by atoms with van der Waals surface area (Å²) in [6.07, 6.45) is 1.68. The maximum absolute atomic E-state index is 8.60. The molecule has 10 heavy (non-hydrogen) atoms. The Morgan fingerprint density at radius 1 is 1.60 bits per heavy atom. The monoisotopic (exact) mass is 136 g/mol. The second kappa shape index (κ2) is 3.73. The molecule has 0 rings (SSSR count). The second-order valence-corrected chi connectivity index (χ2v) is 2.24. The van der Waals surface area contributed by atoms with Crippen LogP contribution in [0.25, 0.3) is 0 Å². The fraction of sp³-hybridized carbons (Fsp3) is 0.375. The van der Waals surface area contributed by atoms with Gasteiger partial charge in [0.25, 0.3) is 0 Å². The summed E-state index contributed by atoms with van der Waals surface area (Å²) < 4.78 is 0. The van der Waals surface area contributed by atoms with E-state index in [1.54, 1.807) is 11.0 Å². The summed E-state index contributed by atoms with van der Waals surface area (Å²) in [7, 11) is 3.68. The lowest BCUT2D eigenvalue weighted by atomic mass is 10.2. The third kappa shape index (κ3) is 1.94. The van der Waals surface area contributed by atoms with Crippen molar-refractivity contribution < 1.29 is 0 Å². The molecular weight excluding hydrogens is 124 g/mol. The van der Waals surface area contributed by atoms with E-state index in [1.807, 2.05) is 21.0 Å². The first-order chi connectivity index (χ1) is 4.63. The Balaban J connectivity index is 4.67. The van der Waals surface area contributed by atoms with Crippen LogP contribution >= 0.6 is 0 Å². The maximum Gasteiger partial charge on any atom is 0.118 e. The highest BCUT2D eigenvalue weighted by Crippen LogP contribution is 2.05. The molecule has 0 fully saturated rings. The van der Waals surface area contributed by atoms with Crippen molar-refractivity contribution in [3.8, 4) is 6.07 Å². The fourth-order valence-electron chi connectivity index (χ4n) is 0.638. The van der Waals surface area contributed by atoms with Gasteiger partial charge in [0.2, 0.25) is 0 Å². The van der Waals surface area contributed by atoms with Gasteiger partial charge in [0.1, 0.15) is 11.8 Å². The van der Waals surface area contributed by atoms with Crippen molar-refractivity contribution in [2.24, 2.45) is 0 Å². The van der Waals surface area contributed by atoms with Gasteiger partial charge in [-0.05, 0) is 12.5 Å². The van der Waals surface area contributed by atoms with Crippen molar-refractivity contribution in [2.45, 2.75) is 6.92 Å². The first-order valence-corrected chi connectivity index (χ1v) is 3.04. The lowest BCUT2D eigenvalue weighted by Crippen LogP contribution is -2.10. The lowest BCUT2D eigenvalue weighted by Gasteiger charge is -2.11. The molecule has 0 spiro atoms. The zero-order valence-electron chi connectivity index (χ0n) is 6.68. The molecule has 0 saturated heterocycles. The van der Waals surface area contributed by atoms with E-state index in [9.17, 15) is 0 Å². The quantitative estimate of drug-likeness (QED) is 0.425. The summed E-state index contributed by atoms with van der Waals surface area (Å²) in [5, 5.41) is 8.60. The van der Waals surface area contributed by atoms with Gasteiger partial charge in [-0.1, -0.05) is 12.7 Å². The van der Waals surface area contributed by atoms with Gasteiger partial charge < -0.3 is 4.90 Å². The third-order valence-corrected chi connectivity index (χ3v) is 1.23. The van der Waals surface area contributed by atoms with Crippen molar-refractivity contribution in [3.63, 3.8) is 0 Å². The zero-order chi connectivity index (χ0) is 8.15. The molecule has 0 saturated carbocycles. The van der Waals surface area contributed by atoms with Crippen LogP contribution in [0, 0.1) is 11.3 Å². The highest BCUT2D eigenvalue weighted by atomic mass is 15.1. The molecule has 0 aliphatic heterocycles. The summed E-state index contributed by atoms with van der Waals surface area (Å²) >= 11 is 0. The van der Waals surface area contributed by atoms with Crippen LogP contribution in [0.15, 0.2) is 23.9 Å². The van der Waals surface area contributed by atoms with Crippen molar-refractivity contribution in [2.75, 3.05) is 14.1 Å². The smallest absolute Gasteiger partial charge is 0.118 e. The molecule has 0 aromatic rings. The van der Waals surface area contributed by atoms with Gasteiger partial charge in [-0.15, -0.1) is 0 Å². The zero-order valence-corrected chi connectivity index (χ0v) is 6.68. The van der Waals surface area contributed by atoms with Crippen LogP contribution in [0.1, 0.15) is 6.92 Å². The topological polar surface area (TPSA) is 27.0 Å². The molecule has 54 valence electrons. The number of hydrogen-bond acceptors (Lipinski definition) is 2. The van der Waals surface area contributed by atoms with Crippen LogP contribution in [0.4, 0.5) is 0 Å². The van der Waals surface area contributed by atoms with Gasteiger partial charge in [0.15, 0.2) is 0 Å². The fourth-order valence-corrected chi connectivity index (χ4v) is 0.638. The van der Waals surface area contributed by atoms with E-state index in [4.69, 9.17) is 5.26 Å². The SMILES string of the molecule is C=C/C(C)=C(/C#N)N(C)C. The third-order valence-electron chi connectivity index (χ3n) is 1.23. The van der Waals surface area contributed by atoms with Gasteiger partial charge >= 0.3 is 0 Å². The van der Waals surface area contributed by atoms with Crippen LogP contribution in [0.5, 0.6) is 0 Å². The Hall–Kier alpha value is -1.23. The average molecular weight is 136 g/mol. The summed E-state index contributed by atoms with van der Waals surface area (Å²) in [5.41, 5.74) is 1.57. The van der Waals surface area contributed by atoms with E-state index in [0.29, 0.717) is 5.70 Å². The van der Waals surface area contributed by atoms with E-state index in [2.05, 4.69) is 12.6 Å². The van der Waals surface area contributed by atoms with Crippen LogP contribution < -0.4 is 0 Å². The molecule has 0 heterocycles. The number of nitrogens with zero attached hydrogens (tertiary/aromatic N) is 2. The molecular formula is C8H12N2. The second-order valence-electron chi connectivity index (χ2n) is 2.24. The molecule has 0 amide bonds. The Morgan fingerprint density at radius 3 is 2.20 bits per heavy atom. The number of nitriles is 1. The number of allylic oxidation sites excluding steroid dienone is 3. The Kier molecular flexibility index (Phi) is 3.27. The van der Waals surface area contributed by atoms with Crippen LogP contribution in [-0.2, 0) is 0 Å². The summed E-state index contributed by atoms with van der Waals surface area (Å²) in [6.45, 7) is 5.44. The van der Waals surface area contributed by atoms with Crippen molar-refractivity contribution in [1.29, 1.82) is 5.26 Å². The Labute approximate surface area is 62.1 Å². The van der Waals surface area contributed by atoms with E-state index in [-0.39, 0.29) is 0 Å². The molecule has 0 aliphatic carbocycles. The van der Waals surface area contributed by atoms with Crippen LogP contribution in [-0.4, -0.2) is 19.0 Å². The number of rotatable bonds is 2. The normalized spacial score (nSPS) is 11.4. The van der Waals surface area contributed by atoms with Crippen LogP contribution in [0.3, 0.4) is 0 Å². The largest absolute Gasteiger partial charge is 0.369 e. The van der Waals surface area contributed by atoms with Gasteiger partial charge in [-0.2, -0.15) is 5.26 Å². The standard InChI is InChI=1S/C8H12N2/c1-5-7(2)8(6-9)10(3)4/h5H,1H2,2-4H3/b8-7-. The molecule has 0 atom stereocenters. The Bertz CT molecular complexity index is 194. The Morgan fingerprint density at radius 2 is 2.10 bits per heavy atom. The minimum absolute atomic E-state index is 0.662.